The lowest BCUT2D eigenvalue weighted by Gasteiger charge is -2.31. The summed E-state index contributed by atoms with van der Waals surface area (Å²) in [5.74, 6) is 0.195. The van der Waals surface area contributed by atoms with Gasteiger partial charge in [-0.2, -0.15) is 0 Å². The molecule has 122 valence electrons. The van der Waals surface area contributed by atoms with Crippen LogP contribution in [0.2, 0.25) is 0 Å². The molecule has 1 fully saturated rings. The molecule has 0 bridgehead atoms. The number of amides is 2. The maximum Gasteiger partial charge on any atom is 0.233 e. The predicted octanol–water partition coefficient (Wildman–Crippen LogP) is 0.0912. The third-order valence-electron chi connectivity index (χ3n) is 3.73. The molecule has 0 atom stereocenters. The molecule has 0 radical (unpaired) electrons. The van der Waals surface area contributed by atoms with Gasteiger partial charge >= 0.3 is 0 Å². The van der Waals surface area contributed by atoms with E-state index in [1.54, 1.807) is 7.05 Å². The lowest BCUT2D eigenvalue weighted by Crippen LogP contribution is -2.47. The van der Waals surface area contributed by atoms with Gasteiger partial charge in [0, 0.05) is 38.6 Å². The third-order valence-corrected chi connectivity index (χ3v) is 3.73. The molecule has 21 heavy (non-hydrogen) atoms. The van der Waals surface area contributed by atoms with E-state index < -0.39 is 0 Å². The molecule has 0 saturated carbocycles. The molecule has 1 rings (SSSR count). The first kappa shape index (κ1) is 17.9. The largest absolute Gasteiger partial charge is 0.358 e. The number of carbonyl (C=O) groups is 2. The van der Waals surface area contributed by atoms with Gasteiger partial charge in [-0.05, 0) is 25.8 Å². The molecule has 6 heteroatoms. The fourth-order valence-corrected chi connectivity index (χ4v) is 2.46. The first-order valence-corrected chi connectivity index (χ1v) is 7.97. The van der Waals surface area contributed by atoms with Gasteiger partial charge in [-0.15, -0.1) is 0 Å². The maximum absolute atomic E-state index is 11.8. The molecule has 6 nitrogen and oxygen atoms in total. The van der Waals surface area contributed by atoms with Gasteiger partial charge in [0.1, 0.15) is 0 Å². The summed E-state index contributed by atoms with van der Waals surface area (Å²) in [5, 5.41) is 9.05. The van der Waals surface area contributed by atoms with Crippen molar-refractivity contribution in [1.29, 1.82) is 0 Å². The minimum Gasteiger partial charge on any atom is -0.358 e. The van der Waals surface area contributed by atoms with Gasteiger partial charge < -0.3 is 16.0 Å². The van der Waals surface area contributed by atoms with Gasteiger partial charge in [0.2, 0.25) is 11.8 Å². The number of likely N-dealkylation sites (tertiary alicyclic amines) is 1. The summed E-state index contributed by atoms with van der Waals surface area (Å²) in [6, 6.07) is 0.731. The first-order valence-electron chi connectivity index (χ1n) is 7.97. The van der Waals surface area contributed by atoms with Crippen LogP contribution in [0, 0.1) is 0 Å². The summed E-state index contributed by atoms with van der Waals surface area (Å²) in [6.45, 7) is 7.29. The van der Waals surface area contributed by atoms with Crippen molar-refractivity contribution in [3.8, 4) is 0 Å². The van der Waals surface area contributed by atoms with Gasteiger partial charge in [0.15, 0.2) is 0 Å². The molecule has 1 aliphatic heterocycles. The summed E-state index contributed by atoms with van der Waals surface area (Å²) in [7, 11) is 1.66. The number of nitrogens with one attached hydrogen (secondary N) is 3. The smallest absolute Gasteiger partial charge is 0.233 e. The van der Waals surface area contributed by atoms with Crippen LogP contribution >= 0.6 is 0 Å². The van der Waals surface area contributed by atoms with Crippen LogP contribution in [0.4, 0.5) is 0 Å². The van der Waals surface area contributed by atoms with Crippen LogP contribution in [-0.2, 0) is 9.59 Å². The molecule has 1 aliphatic rings. The van der Waals surface area contributed by atoms with Crippen molar-refractivity contribution in [2.75, 3.05) is 33.2 Å². The Morgan fingerprint density at radius 2 is 1.86 bits per heavy atom. The van der Waals surface area contributed by atoms with E-state index in [2.05, 4.69) is 34.7 Å². The van der Waals surface area contributed by atoms with Gasteiger partial charge in [0.25, 0.3) is 0 Å². The summed E-state index contributed by atoms with van der Waals surface area (Å²) in [4.78, 5) is 25.3. The molecule has 2 amide bonds. The number of hydrogen-bond donors (Lipinski definition) is 3. The molecular weight excluding hydrogens is 268 g/mol. The molecular formula is C15H30N4O2. The highest BCUT2D eigenvalue weighted by Crippen LogP contribution is 2.10. The zero-order valence-corrected chi connectivity index (χ0v) is 13.6. The quantitative estimate of drug-likeness (QED) is 0.555. The molecule has 0 aromatic carbocycles. The molecule has 0 aromatic rings. The highest BCUT2D eigenvalue weighted by Gasteiger charge is 2.21. The highest BCUT2D eigenvalue weighted by molar-refractivity contribution is 5.77. The van der Waals surface area contributed by atoms with E-state index in [0.717, 1.165) is 38.9 Å². The zero-order chi connectivity index (χ0) is 15.7. The lowest BCUT2D eigenvalue weighted by molar-refractivity contribution is -0.124. The van der Waals surface area contributed by atoms with E-state index >= 15 is 0 Å². The first-order chi connectivity index (χ1) is 10.0. The monoisotopic (exact) mass is 298 g/mol. The number of piperidine rings is 1. The van der Waals surface area contributed by atoms with E-state index in [0.29, 0.717) is 19.0 Å². The van der Waals surface area contributed by atoms with E-state index in [1.165, 1.54) is 0 Å². The van der Waals surface area contributed by atoms with Crippen molar-refractivity contribution in [2.24, 2.45) is 0 Å². The van der Waals surface area contributed by atoms with Gasteiger partial charge in [-0.3, -0.25) is 14.5 Å². The Labute approximate surface area is 128 Å². The summed E-state index contributed by atoms with van der Waals surface area (Å²) >= 11 is 0. The van der Waals surface area contributed by atoms with Gasteiger partial charge in [-0.1, -0.05) is 13.8 Å². The topological polar surface area (TPSA) is 73.5 Å². The Balaban J connectivity index is 2.11. The molecule has 0 aliphatic carbocycles. The summed E-state index contributed by atoms with van der Waals surface area (Å²) in [5.41, 5.74) is 0. The van der Waals surface area contributed by atoms with Crippen molar-refractivity contribution in [3.63, 3.8) is 0 Å². The van der Waals surface area contributed by atoms with E-state index in [9.17, 15) is 9.59 Å². The third kappa shape index (κ3) is 8.02. The molecule has 0 aromatic heterocycles. The van der Waals surface area contributed by atoms with Crippen LogP contribution in [0.1, 0.15) is 39.5 Å². The van der Waals surface area contributed by atoms with Crippen molar-refractivity contribution in [3.05, 3.63) is 0 Å². The second-order valence-electron chi connectivity index (χ2n) is 6.00. The number of carbonyl (C=O) groups excluding carboxylic acids is 2. The maximum atomic E-state index is 11.8. The van der Waals surface area contributed by atoms with Crippen molar-refractivity contribution >= 4 is 11.8 Å². The molecule has 3 N–H and O–H groups in total. The average Bonchev–Trinajstić information content (AvgIpc) is 2.45. The Kier molecular flexibility index (Phi) is 8.30. The lowest BCUT2D eigenvalue weighted by atomic mass is 10.0. The Morgan fingerprint density at radius 1 is 1.19 bits per heavy atom. The minimum atomic E-state index is 0.0511. The van der Waals surface area contributed by atoms with Crippen molar-refractivity contribution in [1.82, 2.24) is 20.9 Å². The summed E-state index contributed by atoms with van der Waals surface area (Å²) in [6.07, 6.45) is 3.30. The Hall–Kier alpha value is -1.14. The number of nitrogens with zero attached hydrogens (tertiary/aromatic N) is 1. The minimum absolute atomic E-state index is 0.0511. The van der Waals surface area contributed by atoms with Crippen LogP contribution < -0.4 is 16.0 Å². The van der Waals surface area contributed by atoms with Crippen molar-refractivity contribution < 1.29 is 9.59 Å². The highest BCUT2D eigenvalue weighted by atomic mass is 16.2. The average molecular weight is 298 g/mol. The Bertz CT molecular complexity index is 326. The van der Waals surface area contributed by atoms with E-state index in [-0.39, 0.29) is 17.9 Å². The fraction of sp³-hybridized carbons (Fsp3) is 0.867. The molecule has 0 spiro atoms. The molecule has 1 heterocycles. The van der Waals surface area contributed by atoms with Crippen LogP contribution in [0.25, 0.3) is 0 Å². The molecule has 1 saturated heterocycles. The van der Waals surface area contributed by atoms with E-state index in [1.807, 2.05) is 0 Å². The van der Waals surface area contributed by atoms with Gasteiger partial charge in [0.05, 0.1) is 6.54 Å². The van der Waals surface area contributed by atoms with Crippen LogP contribution in [0.5, 0.6) is 0 Å². The number of likely N-dealkylation sites (N-methyl/N-ethyl adjacent to an activating group) is 1. The SMILES string of the molecule is CNC(=O)CN1CCC(NC(=O)CCCNC(C)C)CC1. The van der Waals surface area contributed by atoms with E-state index in [4.69, 9.17) is 0 Å². The van der Waals surface area contributed by atoms with Crippen LogP contribution in [0.3, 0.4) is 0 Å². The fourth-order valence-electron chi connectivity index (χ4n) is 2.46. The number of rotatable bonds is 8. The number of hydrogen-bond acceptors (Lipinski definition) is 4. The normalized spacial score (nSPS) is 17.0. The van der Waals surface area contributed by atoms with Gasteiger partial charge in [-0.25, -0.2) is 0 Å². The Morgan fingerprint density at radius 3 is 2.43 bits per heavy atom. The zero-order valence-electron chi connectivity index (χ0n) is 13.6. The predicted molar refractivity (Wildman–Crippen MR) is 84.0 cm³/mol. The van der Waals surface area contributed by atoms with Crippen LogP contribution in [0.15, 0.2) is 0 Å². The van der Waals surface area contributed by atoms with Crippen molar-refractivity contribution in [2.45, 2.75) is 51.6 Å². The standard InChI is InChI=1S/C15H30N4O2/c1-12(2)17-8-4-5-14(20)18-13-6-9-19(10-7-13)11-15(21)16-3/h12-13,17H,4-11H2,1-3H3,(H,16,21)(H,18,20). The van der Waals surface area contributed by atoms with Crippen LogP contribution in [-0.4, -0.2) is 62.0 Å². The molecule has 0 unspecified atom stereocenters. The summed E-state index contributed by atoms with van der Waals surface area (Å²) < 4.78 is 0. The second-order valence-corrected chi connectivity index (χ2v) is 6.00. The second kappa shape index (κ2) is 9.73.